The SMILES string of the molecule is C[C](C)(C)[Nd]. The van der Waals surface area contributed by atoms with Gasteiger partial charge in [-0.05, 0) is 0 Å². The Balaban J connectivity index is 3.02. The van der Waals surface area contributed by atoms with Crippen LogP contribution in [0, 0.1) is 38.8 Å². The van der Waals surface area contributed by atoms with Gasteiger partial charge in [-0.1, -0.05) is 0 Å². The summed E-state index contributed by atoms with van der Waals surface area (Å²) in [7, 11) is 0. The Morgan fingerprint density at radius 1 is 1.20 bits per heavy atom. The number of hydrogen-bond acceptors (Lipinski definition) is 0. The second-order valence-electron chi connectivity index (χ2n) is 2.25. The van der Waals surface area contributed by atoms with Gasteiger partial charge >= 0.3 is 60.6 Å². The minimum absolute atomic E-state index is 0.639. The van der Waals surface area contributed by atoms with Crippen molar-refractivity contribution in [2.75, 3.05) is 0 Å². The van der Waals surface area contributed by atoms with Gasteiger partial charge in [0, 0.05) is 0 Å². The van der Waals surface area contributed by atoms with E-state index in [0.29, 0.717) is 1.06 Å². The van der Waals surface area contributed by atoms with Crippen molar-refractivity contribution in [3.8, 4) is 0 Å². The average molecular weight is 201 g/mol. The molecule has 0 fully saturated rings. The molecule has 0 spiro atoms. The molecular weight excluding hydrogens is 192 g/mol. The van der Waals surface area contributed by atoms with E-state index in [4.69, 9.17) is 0 Å². The Labute approximate surface area is 59.9 Å². The van der Waals surface area contributed by atoms with Crippen molar-refractivity contribution in [3.05, 3.63) is 0 Å². The monoisotopic (exact) mass is 199 g/mol. The summed E-state index contributed by atoms with van der Waals surface area (Å²) in [6, 6.07) is 0. The van der Waals surface area contributed by atoms with Crippen molar-refractivity contribution in [2.24, 2.45) is 0 Å². The van der Waals surface area contributed by atoms with Crippen molar-refractivity contribution in [1.82, 2.24) is 0 Å². The predicted octanol–water partition coefficient (Wildman–Crippen LogP) is 1.75. The summed E-state index contributed by atoms with van der Waals surface area (Å²) in [4.78, 5) is 0. The van der Waals surface area contributed by atoms with Crippen LogP contribution >= 0.6 is 0 Å². The second kappa shape index (κ2) is 1.87. The molecule has 0 heterocycles. The van der Waals surface area contributed by atoms with Gasteiger partial charge in [-0.25, -0.2) is 0 Å². The fraction of sp³-hybridized carbons (Fsp3) is 1.00. The molecule has 0 saturated heterocycles. The van der Waals surface area contributed by atoms with Crippen LogP contribution in [0.1, 0.15) is 20.8 Å². The van der Waals surface area contributed by atoms with Crippen molar-refractivity contribution in [1.29, 1.82) is 0 Å². The van der Waals surface area contributed by atoms with Crippen molar-refractivity contribution in [2.45, 2.75) is 21.8 Å². The van der Waals surface area contributed by atoms with E-state index in [1.165, 1.54) is 38.8 Å². The van der Waals surface area contributed by atoms with E-state index in [9.17, 15) is 0 Å². The fourth-order valence-corrected chi connectivity index (χ4v) is 0. The summed E-state index contributed by atoms with van der Waals surface area (Å²) < 4.78 is 0.639. The van der Waals surface area contributed by atoms with Crippen molar-refractivity contribution >= 4 is 0 Å². The van der Waals surface area contributed by atoms with E-state index >= 15 is 0 Å². The Kier molecular flexibility index (Phi) is 2.38. The summed E-state index contributed by atoms with van der Waals surface area (Å²) in [6.07, 6.45) is 0. The van der Waals surface area contributed by atoms with Crippen LogP contribution in [0.25, 0.3) is 0 Å². The molecule has 0 aliphatic rings. The van der Waals surface area contributed by atoms with Crippen LogP contribution in [0.2, 0.25) is 1.06 Å². The summed E-state index contributed by atoms with van der Waals surface area (Å²) in [6.45, 7) is 6.75. The molecule has 0 aromatic heterocycles. The zero-order valence-electron chi connectivity index (χ0n) is 4.00. The van der Waals surface area contributed by atoms with E-state index in [1.807, 2.05) is 0 Å². The number of rotatable bonds is 0. The first kappa shape index (κ1) is 6.35. The van der Waals surface area contributed by atoms with Gasteiger partial charge in [-0.3, -0.25) is 0 Å². The van der Waals surface area contributed by atoms with E-state index in [0.717, 1.165) is 0 Å². The van der Waals surface area contributed by atoms with Crippen molar-refractivity contribution < 1.29 is 38.8 Å². The Morgan fingerprint density at radius 3 is 1.20 bits per heavy atom. The third-order valence-electron chi connectivity index (χ3n) is 0. The normalized spacial score (nSPS) is 11.6. The molecule has 0 unspecified atom stereocenters. The molecule has 0 amide bonds. The molecule has 0 saturated carbocycles. The molecule has 0 N–H and O–H groups in total. The van der Waals surface area contributed by atoms with Gasteiger partial charge in [0.15, 0.2) is 0 Å². The van der Waals surface area contributed by atoms with E-state index in [2.05, 4.69) is 20.8 Å². The number of hydrogen-bond donors (Lipinski definition) is 0. The maximum atomic E-state index is 2.25. The first-order valence-corrected chi connectivity index (χ1v) is 3.35. The van der Waals surface area contributed by atoms with Crippen LogP contribution in [0.4, 0.5) is 0 Å². The molecule has 0 aromatic carbocycles. The summed E-state index contributed by atoms with van der Waals surface area (Å²) >= 11 is 1.31. The van der Waals surface area contributed by atoms with Crippen LogP contribution in [-0.2, 0) is 0 Å². The molecule has 1 heteroatoms. The molecule has 0 aliphatic heterocycles. The van der Waals surface area contributed by atoms with Gasteiger partial charge < -0.3 is 0 Å². The first-order chi connectivity index (χ1) is 2.00. The van der Waals surface area contributed by atoms with Gasteiger partial charge in [0.2, 0.25) is 0 Å². The minimum atomic E-state index is 0.639. The summed E-state index contributed by atoms with van der Waals surface area (Å²) in [5.74, 6) is 0. The van der Waals surface area contributed by atoms with Gasteiger partial charge in [0.1, 0.15) is 0 Å². The van der Waals surface area contributed by atoms with E-state index in [1.54, 1.807) is 0 Å². The molecule has 0 aromatic rings. The van der Waals surface area contributed by atoms with Gasteiger partial charge in [0.05, 0.1) is 0 Å². The first-order valence-electron chi connectivity index (χ1n) is 1.75. The second-order valence-corrected chi connectivity index (χ2v) is 7.06. The third kappa shape index (κ3) is 32.9. The van der Waals surface area contributed by atoms with Gasteiger partial charge in [0.25, 0.3) is 0 Å². The van der Waals surface area contributed by atoms with Crippen LogP contribution in [-0.4, -0.2) is 0 Å². The molecule has 0 bridgehead atoms. The Hall–Kier alpha value is 1.35. The zero-order valence-corrected chi connectivity index (χ0v) is 7.21. The van der Waals surface area contributed by atoms with Crippen LogP contribution in [0.3, 0.4) is 0 Å². The Bertz CT molecular complexity index is 19.1. The molecule has 0 radical (unpaired) electrons. The topological polar surface area (TPSA) is 0 Å². The standard InChI is InChI=1S/C4H9.Nd/c1-4(2)3;/h1-3H3;. The van der Waals surface area contributed by atoms with Crippen LogP contribution in [0.5, 0.6) is 0 Å². The fourth-order valence-electron chi connectivity index (χ4n) is 0. The van der Waals surface area contributed by atoms with E-state index < -0.39 is 0 Å². The van der Waals surface area contributed by atoms with Gasteiger partial charge in [-0.2, -0.15) is 0 Å². The molecular formula is C4H9Nd. The molecule has 0 nitrogen and oxygen atoms in total. The zero-order chi connectivity index (χ0) is 4.50. The molecule has 0 atom stereocenters. The average Bonchev–Trinajstić information content (AvgIpc) is 0.722. The quantitative estimate of drug-likeness (QED) is 0.560. The molecule has 29 valence electrons. The summed E-state index contributed by atoms with van der Waals surface area (Å²) in [5, 5.41) is 0. The molecule has 5 heavy (non-hydrogen) atoms. The van der Waals surface area contributed by atoms with Gasteiger partial charge in [-0.15, -0.1) is 0 Å². The predicted molar refractivity (Wildman–Crippen MR) is 19.7 cm³/mol. The summed E-state index contributed by atoms with van der Waals surface area (Å²) in [5.41, 5.74) is 0. The molecule has 0 rings (SSSR count). The van der Waals surface area contributed by atoms with Crippen molar-refractivity contribution in [3.63, 3.8) is 0 Å². The van der Waals surface area contributed by atoms with Crippen LogP contribution < -0.4 is 0 Å². The van der Waals surface area contributed by atoms with E-state index in [-0.39, 0.29) is 0 Å². The Morgan fingerprint density at radius 2 is 1.20 bits per heavy atom. The third-order valence-corrected chi connectivity index (χ3v) is 0. The maximum absolute atomic E-state index is 2.25. The molecule has 0 aliphatic carbocycles. The van der Waals surface area contributed by atoms with Crippen LogP contribution in [0.15, 0.2) is 0 Å².